The lowest BCUT2D eigenvalue weighted by molar-refractivity contribution is 0.0584. The van der Waals surface area contributed by atoms with Gasteiger partial charge in [-0.05, 0) is 36.3 Å². The van der Waals surface area contributed by atoms with Gasteiger partial charge in [0.05, 0.1) is 0 Å². The molecule has 1 saturated heterocycles. The van der Waals surface area contributed by atoms with E-state index in [4.69, 9.17) is 10.5 Å². The van der Waals surface area contributed by atoms with Crippen LogP contribution in [0.15, 0.2) is 24.3 Å². The molecule has 0 spiro atoms. The summed E-state index contributed by atoms with van der Waals surface area (Å²) in [7, 11) is 0. The van der Waals surface area contributed by atoms with Gasteiger partial charge in [-0.25, -0.2) is 0 Å². The molecule has 88 valence electrons. The second-order valence-corrected chi connectivity index (χ2v) is 4.57. The predicted octanol–water partition coefficient (Wildman–Crippen LogP) is 2.68. The van der Waals surface area contributed by atoms with Gasteiger partial charge in [-0.3, -0.25) is 0 Å². The zero-order valence-electron chi connectivity index (χ0n) is 9.99. The molecule has 1 aromatic carbocycles. The first-order valence-electron chi connectivity index (χ1n) is 6.23. The Hall–Kier alpha value is -0.860. The highest BCUT2D eigenvalue weighted by atomic mass is 16.5. The summed E-state index contributed by atoms with van der Waals surface area (Å²) in [6.45, 7) is 3.91. The zero-order valence-corrected chi connectivity index (χ0v) is 9.99. The first-order valence-corrected chi connectivity index (χ1v) is 6.23. The Labute approximate surface area is 97.8 Å². The highest BCUT2D eigenvalue weighted by Gasteiger charge is 2.21. The van der Waals surface area contributed by atoms with Crippen LogP contribution in [0.1, 0.15) is 36.9 Å². The molecule has 16 heavy (non-hydrogen) atoms. The van der Waals surface area contributed by atoms with Crippen molar-refractivity contribution < 1.29 is 4.74 Å². The maximum atomic E-state index is 6.31. The van der Waals surface area contributed by atoms with Crippen molar-refractivity contribution in [3.8, 4) is 0 Å². The fraction of sp³-hybridized carbons (Fsp3) is 0.571. The minimum atomic E-state index is 0.176. The van der Waals surface area contributed by atoms with Crippen molar-refractivity contribution in [2.24, 2.45) is 11.7 Å². The average molecular weight is 219 g/mol. The van der Waals surface area contributed by atoms with E-state index in [1.165, 1.54) is 11.1 Å². The quantitative estimate of drug-likeness (QED) is 0.848. The summed E-state index contributed by atoms with van der Waals surface area (Å²) in [5.41, 5.74) is 8.95. The van der Waals surface area contributed by atoms with Gasteiger partial charge in [0.25, 0.3) is 0 Å². The summed E-state index contributed by atoms with van der Waals surface area (Å²) in [4.78, 5) is 0. The number of nitrogens with two attached hydrogens (primary N) is 1. The molecule has 1 aliphatic rings. The lowest BCUT2D eigenvalue weighted by atomic mass is 9.87. The summed E-state index contributed by atoms with van der Waals surface area (Å²) in [6.07, 6.45) is 3.28. The van der Waals surface area contributed by atoms with Crippen molar-refractivity contribution in [2.75, 3.05) is 13.2 Å². The zero-order chi connectivity index (χ0) is 11.4. The minimum Gasteiger partial charge on any atom is -0.381 e. The second kappa shape index (κ2) is 5.46. The molecule has 0 aromatic heterocycles. The van der Waals surface area contributed by atoms with E-state index in [0.717, 1.165) is 32.5 Å². The molecule has 1 heterocycles. The maximum Gasteiger partial charge on any atom is 0.0469 e. The number of aryl methyl sites for hydroxylation is 1. The molecule has 0 amide bonds. The third-order valence-electron chi connectivity index (χ3n) is 3.55. The molecular formula is C14H21NO. The molecule has 2 heteroatoms. The van der Waals surface area contributed by atoms with Crippen molar-refractivity contribution in [3.63, 3.8) is 0 Å². The molecule has 0 aliphatic carbocycles. The molecule has 1 fully saturated rings. The van der Waals surface area contributed by atoms with E-state index in [1.807, 2.05) is 0 Å². The largest absolute Gasteiger partial charge is 0.381 e. The van der Waals surface area contributed by atoms with Gasteiger partial charge in [-0.15, -0.1) is 0 Å². The van der Waals surface area contributed by atoms with Gasteiger partial charge in [-0.2, -0.15) is 0 Å². The predicted molar refractivity (Wildman–Crippen MR) is 66.3 cm³/mol. The number of rotatable bonds is 3. The Kier molecular flexibility index (Phi) is 3.97. The number of hydrogen-bond acceptors (Lipinski definition) is 2. The average Bonchev–Trinajstić information content (AvgIpc) is 2.39. The van der Waals surface area contributed by atoms with Crippen LogP contribution >= 0.6 is 0 Å². The Bertz CT molecular complexity index is 314. The van der Waals surface area contributed by atoms with Crippen LogP contribution in [0.3, 0.4) is 0 Å². The van der Waals surface area contributed by atoms with E-state index in [-0.39, 0.29) is 6.04 Å². The van der Waals surface area contributed by atoms with Gasteiger partial charge < -0.3 is 10.5 Å². The van der Waals surface area contributed by atoms with Crippen molar-refractivity contribution in [3.05, 3.63) is 35.4 Å². The fourth-order valence-electron chi connectivity index (χ4n) is 2.32. The van der Waals surface area contributed by atoms with Crippen molar-refractivity contribution in [1.82, 2.24) is 0 Å². The monoisotopic (exact) mass is 219 g/mol. The van der Waals surface area contributed by atoms with Gasteiger partial charge in [0.2, 0.25) is 0 Å². The third-order valence-corrected chi connectivity index (χ3v) is 3.55. The van der Waals surface area contributed by atoms with E-state index in [2.05, 4.69) is 31.2 Å². The van der Waals surface area contributed by atoms with Crippen LogP contribution in [0.25, 0.3) is 0 Å². The lowest BCUT2D eigenvalue weighted by Gasteiger charge is -2.27. The van der Waals surface area contributed by atoms with Crippen LogP contribution in [-0.4, -0.2) is 13.2 Å². The second-order valence-electron chi connectivity index (χ2n) is 4.57. The van der Waals surface area contributed by atoms with Crippen molar-refractivity contribution in [2.45, 2.75) is 32.2 Å². The molecule has 1 aromatic rings. The van der Waals surface area contributed by atoms with E-state index < -0.39 is 0 Å². The summed E-state index contributed by atoms with van der Waals surface area (Å²) >= 11 is 0. The molecule has 2 N–H and O–H groups in total. The Morgan fingerprint density at radius 3 is 2.44 bits per heavy atom. The molecule has 2 rings (SSSR count). The number of ether oxygens (including phenoxy) is 1. The van der Waals surface area contributed by atoms with Crippen LogP contribution < -0.4 is 5.73 Å². The van der Waals surface area contributed by atoms with Crippen LogP contribution in [0, 0.1) is 5.92 Å². The molecule has 1 atom stereocenters. The highest BCUT2D eigenvalue weighted by Crippen LogP contribution is 2.28. The third kappa shape index (κ3) is 2.63. The minimum absolute atomic E-state index is 0.176. The Balaban J connectivity index is 2.04. The molecule has 0 radical (unpaired) electrons. The maximum absolute atomic E-state index is 6.31. The smallest absolute Gasteiger partial charge is 0.0469 e. The topological polar surface area (TPSA) is 35.2 Å². The van der Waals surface area contributed by atoms with E-state index in [0.29, 0.717) is 5.92 Å². The molecule has 1 aliphatic heterocycles. The summed E-state index contributed by atoms with van der Waals surface area (Å²) in [6, 6.07) is 8.91. The molecule has 2 nitrogen and oxygen atoms in total. The molecule has 0 saturated carbocycles. The SMILES string of the molecule is CCc1ccc([C@H](N)C2CCOCC2)cc1. The Morgan fingerprint density at radius 1 is 1.25 bits per heavy atom. The van der Waals surface area contributed by atoms with Crippen LogP contribution in [0.4, 0.5) is 0 Å². The van der Waals surface area contributed by atoms with Crippen LogP contribution in [-0.2, 0) is 11.2 Å². The summed E-state index contributed by atoms with van der Waals surface area (Å²) < 4.78 is 5.37. The van der Waals surface area contributed by atoms with Gasteiger partial charge in [0.1, 0.15) is 0 Å². The first-order chi connectivity index (χ1) is 7.81. The van der Waals surface area contributed by atoms with E-state index in [1.54, 1.807) is 0 Å². The molecular weight excluding hydrogens is 198 g/mol. The highest BCUT2D eigenvalue weighted by molar-refractivity contribution is 5.25. The molecule has 0 unspecified atom stereocenters. The van der Waals surface area contributed by atoms with Gasteiger partial charge in [0.15, 0.2) is 0 Å². The first kappa shape index (κ1) is 11.6. The van der Waals surface area contributed by atoms with Gasteiger partial charge in [-0.1, -0.05) is 31.2 Å². The standard InChI is InChI=1S/C14H21NO/c1-2-11-3-5-12(6-4-11)14(15)13-7-9-16-10-8-13/h3-6,13-14H,2,7-10,15H2,1H3/t14-/m0/s1. The Morgan fingerprint density at radius 2 is 1.88 bits per heavy atom. The summed E-state index contributed by atoms with van der Waals surface area (Å²) in [5.74, 6) is 0.584. The van der Waals surface area contributed by atoms with Crippen LogP contribution in [0.2, 0.25) is 0 Å². The lowest BCUT2D eigenvalue weighted by Crippen LogP contribution is -2.27. The number of hydrogen-bond donors (Lipinski definition) is 1. The van der Waals surface area contributed by atoms with E-state index in [9.17, 15) is 0 Å². The fourth-order valence-corrected chi connectivity index (χ4v) is 2.32. The van der Waals surface area contributed by atoms with E-state index >= 15 is 0 Å². The van der Waals surface area contributed by atoms with Gasteiger partial charge in [0, 0.05) is 19.3 Å². The van der Waals surface area contributed by atoms with Gasteiger partial charge >= 0.3 is 0 Å². The van der Waals surface area contributed by atoms with Crippen molar-refractivity contribution in [1.29, 1.82) is 0 Å². The number of benzene rings is 1. The normalized spacial score (nSPS) is 19.6. The molecule has 0 bridgehead atoms. The summed E-state index contributed by atoms with van der Waals surface area (Å²) in [5, 5.41) is 0. The van der Waals surface area contributed by atoms with Crippen molar-refractivity contribution >= 4 is 0 Å². The van der Waals surface area contributed by atoms with Crippen LogP contribution in [0.5, 0.6) is 0 Å².